The number of carbonyl (C=O) groups excluding carboxylic acids is 2. The molecule has 35 heavy (non-hydrogen) atoms. The van der Waals surface area contributed by atoms with Crippen LogP contribution in [0.4, 0.5) is 4.79 Å². The average Bonchev–Trinajstić information content (AvgIpc) is 2.89. The quantitative estimate of drug-likeness (QED) is 0.383. The van der Waals surface area contributed by atoms with Crippen molar-refractivity contribution in [3.8, 4) is 0 Å². The number of carbonyl (C=O) groups is 2. The Hall–Kier alpha value is -3.90. The van der Waals surface area contributed by atoms with E-state index in [4.69, 9.17) is 10.5 Å². The molecule has 0 heterocycles. The first-order valence-corrected chi connectivity index (χ1v) is 11.9. The Morgan fingerprint density at radius 2 is 1.43 bits per heavy atom. The van der Waals surface area contributed by atoms with Crippen molar-refractivity contribution in [3.63, 3.8) is 0 Å². The molecule has 0 unspecified atom stereocenters. The van der Waals surface area contributed by atoms with Crippen molar-refractivity contribution in [1.29, 1.82) is 0 Å². The van der Waals surface area contributed by atoms with Crippen LogP contribution in [0.2, 0.25) is 0 Å². The lowest BCUT2D eigenvalue weighted by atomic mass is 10.0. The molecule has 0 fully saturated rings. The van der Waals surface area contributed by atoms with Gasteiger partial charge < -0.3 is 15.8 Å². The van der Waals surface area contributed by atoms with Crippen molar-refractivity contribution < 1.29 is 14.3 Å². The number of ether oxygens (including phenoxy) is 1. The monoisotopic (exact) mass is 469 g/mol. The number of hydrogen-bond donors (Lipinski definition) is 2. The summed E-state index contributed by atoms with van der Waals surface area (Å²) in [7, 11) is 1.59. The number of benzene rings is 4. The molecule has 2 amide bonds. The third-order valence-corrected chi connectivity index (χ3v) is 6.17. The van der Waals surface area contributed by atoms with Crippen LogP contribution >= 0.6 is 0 Å². The van der Waals surface area contributed by atoms with E-state index in [1.807, 2.05) is 48.5 Å². The van der Waals surface area contributed by atoms with Gasteiger partial charge >= 0.3 is 6.09 Å². The first-order chi connectivity index (χ1) is 17.0. The van der Waals surface area contributed by atoms with Crippen molar-refractivity contribution in [2.24, 2.45) is 5.73 Å². The molecule has 0 aliphatic rings. The minimum atomic E-state index is -0.710. The molecule has 6 nitrogen and oxygen atoms in total. The molecule has 0 aromatic heterocycles. The summed E-state index contributed by atoms with van der Waals surface area (Å²) in [5.41, 5.74) is 7.58. The van der Waals surface area contributed by atoms with E-state index in [1.54, 1.807) is 7.05 Å². The van der Waals surface area contributed by atoms with Gasteiger partial charge in [0.25, 0.3) is 0 Å². The van der Waals surface area contributed by atoms with Gasteiger partial charge in [-0.3, -0.25) is 9.69 Å². The highest BCUT2D eigenvalue weighted by Crippen LogP contribution is 2.19. The number of likely N-dealkylation sites (N-methyl/N-ethyl adjacent to an activating group) is 1. The zero-order chi connectivity index (χ0) is 24.6. The van der Waals surface area contributed by atoms with E-state index < -0.39 is 12.1 Å². The Balaban J connectivity index is 1.46. The van der Waals surface area contributed by atoms with Crippen LogP contribution in [0, 0.1) is 0 Å². The van der Waals surface area contributed by atoms with Crippen LogP contribution in [0.5, 0.6) is 0 Å². The Kier molecular flexibility index (Phi) is 7.95. The average molecular weight is 470 g/mol. The standard InChI is InChI=1S/C29H31N3O3/c1-32(29(34)35-17-15-30)27(20-22-11-13-24-7-3-5-9-26(24)19-22)28(33)31-16-14-21-10-12-23-6-2-4-8-25(23)18-21/h2-13,18-19,27H,14-17,20,30H2,1H3,(H,31,33)/t27-/m1/s1. The number of nitrogens with zero attached hydrogens (tertiary/aromatic N) is 1. The Labute approximate surface area is 205 Å². The van der Waals surface area contributed by atoms with Crippen molar-refractivity contribution in [2.75, 3.05) is 26.7 Å². The fourth-order valence-electron chi connectivity index (χ4n) is 4.21. The fraction of sp³-hybridized carbons (Fsp3) is 0.241. The largest absolute Gasteiger partial charge is 0.448 e. The maximum atomic E-state index is 13.2. The number of rotatable bonds is 9. The van der Waals surface area contributed by atoms with Gasteiger partial charge in [0.2, 0.25) is 5.91 Å². The van der Waals surface area contributed by atoms with Crippen LogP contribution < -0.4 is 11.1 Å². The van der Waals surface area contributed by atoms with Gasteiger partial charge in [0.05, 0.1) is 0 Å². The van der Waals surface area contributed by atoms with Crippen molar-refractivity contribution in [1.82, 2.24) is 10.2 Å². The van der Waals surface area contributed by atoms with Crippen molar-refractivity contribution >= 4 is 33.5 Å². The molecular weight excluding hydrogens is 438 g/mol. The minimum absolute atomic E-state index is 0.107. The lowest BCUT2D eigenvalue weighted by Crippen LogP contribution is -2.49. The summed E-state index contributed by atoms with van der Waals surface area (Å²) in [5, 5.41) is 7.60. The molecule has 0 saturated carbocycles. The smallest absolute Gasteiger partial charge is 0.410 e. The molecule has 3 N–H and O–H groups in total. The van der Waals surface area contributed by atoms with Crippen LogP contribution in [0.25, 0.3) is 21.5 Å². The summed E-state index contributed by atoms with van der Waals surface area (Å²) in [4.78, 5) is 27.1. The number of fused-ring (bicyclic) bond motifs is 2. The third kappa shape index (κ3) is 6.16. The molecule has 4 aromatic rings. The Morgan fingerprint density at radius 1 is 0.857 bits per heavy atom. The van der Waals surface area contributed by atoms with E-state index in [0.717, 1.165) is 21.9 Å². The molecule has 1 atom stereocenters. The molecule has 0 spiro atoms. The molecule has 4 aromatic carbocycles. The summed E-state index contributed by atoms with van der Waals surface area (Å²) in [6, 6.07) is 28.0. The summed E-state index contributed by atoms with van der Waals surface area (Å²) in [6.07, 6.45) is 0.507. The molecule has 0 radical (unpaired) electrons. The summed E-state index contributed by atoms with van der Waals surface area (Å²) < 4.78 is 5.19. The predicted molar refractivity (Wildman–Crippen MR) is 140 cm³/mol. The molecule has 0 bridgehead atoms. The van der Waals surface area contributed by atoms with E-state index >= 15 is 0 Å². The van der Waals surface area contributed by atoms with Gasteiger partial charge in [-0.25, -0.2) is 4.79 Å². The number of nitrogens with one attached hydrogen (secondary N) is 1. The fourth-order valence-corrected chi connectivity index (χ4v) is 4.21. The van der Waals surface area contributed by atoms with E-state index in [2.05, 4.69) is 41.7 Å². The topological polar surface area (TPSA) is 84.7 Å². The Morgan fingerprint density at radius 3 is 2.06 bits per heavy atom. The first-order valence-electron chi connectivity index (χ1n) is 11.9. The Bertz CT molecular complexity index is 1320. The normalized spacial score (nSPS) is 11.8. The highest BCUT2D eigenvalue weighted by atomic mass is 16.6. The van der Waals surface area contributed by atoms with E-state index in [1.165, 1.54) is 15.7 Å². The van der Waals surface area contributed by atoms with Crippen LogP contribution in [-0.2, 0) is 22.4 Å². The number of hydrogen-bond acceptors (Lipinski definition) is 4. The highest BCUT2D eigenvalue weighted by Gasteiger charge is 2.28. The molecule has 6 heteroatoms. The molecule has 4 rings (SSSR count). The van der Waals surface area contributed by atoms with Gasteiger partial charge in [-0.1, -0.05) is 84.9 Å². The van der Waals surface area contributed by atoms with Crippen molar-refractivity contribution in [2.45, 2.75) is 18.9 Å². The predicted octanol–water partition coefficient (Wildman–Crippen LogP) is 4.29. The van der Waals surface area contributed by atoms with Crippen LogP contribution in [-0.4, -0.2) is 49.7 Å². The highest BCUT2D eigenvalue weighted by molar-refractivity contribution is 5.87. The van der Waals surface area contributed by atoms with Crippen LogP contribution in [0.15, 0.2) is 84.9 Å². The second-order valence-corrected chi connectivity index (χ2v) is 8.64. The van der Waals surface area contributed by atoms with Crippen LogP contribution in [0.3, 0.4) is 0 Å². The van der Waals surface area contributed by atoms with Crippen molar-refractivity contribution in [3.05, 3.63) is 96.1 Å². The van der Waals surface area contributed by atoms with Gasteiger partial charge in [-0.2, -0.15) is 0 Å². The molecule has 0 aliphatic heterocycles. The van der Waals surface area contributed by atoms with E-state index in [9.17, 15) is 9.59 Å². The SMILES string of the molecule is CN(C(=O)OCCN)[C@H](Cc1ccc2ccccc2c1)C(=O)NCCc1ccc2ccccc2c1. The van der Waals surface area contributed by atoms with Crippen LogP contribution in [0.1, 0.15) is 11.1 Å². The molecule has 180 valence electrons. The second-order valence-electron chi connectivity index (χ2n) is 8.64. The molecule has 0 aliphatic carbocycles. The zero-order valence-electron chi connectivity index (χ0n) is 19.9. The van der Waals surface area contributed by atoms with Gasteiger partial charge in [0.1, 0.15) is 12.6 Å². The second kappa shape index (κ2) is 11.5. The summed E-state index contributed by atoms with van der Waals surface area (Å²) >= 11 is 0. The van der Waals surface area contributed by atoms with Gasteiger partial charge in [-0.15, -0.1) is 0 Å². The maximum Gasteiger partial charge on any atom is 0.410 e. The summed E-state index contributed by atoms with van der Waals surface area (Å²) in [5.74, 6) is -0.217. The van der Waals surface area contributed by atoms with E-state index in [0.29, 0.717) is 19.4 Å². The lowest BCUT2D eigenvalue weighted by molar-refractivity contribution is -0.125. The molecular formula is C29H31N3O3. The summed E-state index contributed by atoms with van der Waals surface area (Å²) in [6.45, 7) is 0.805. The van der Waals surface area contributed by atoms with Gasteiger partial charge in [0, 0.05) is 26.6 Å². The van der Waals surface area contributed by atoms with E-state index in [-0.39, 0.29) is 19.1 Å². The minimum Gasteiger partial charge on any atom is -0.448 e. The molecule has 0 saturated heterocycles. The first kappa shape index (κ1) is 24.2. The lowest BCUT2D eigenvalue weighted by Gasteiger charge is -2.27. The van der Waals surface area contributed by atoms with Gasteiger partial charge in [-0.05, 0) is 39.1 Å². The number of nitrogens with two attached hydrogens (primary N) is 1. The zero-order valence-corrected chi connectivity index (χ0v) is 19.9. The third-order valence-electron chi connectivity index (χ3n) is 6.17. The number of amides is 2. The maximum absolute atomic E-state index is 13.2. The van der Waals surface area contributed by atoms with Gasteiger partial charge in [0.15, 0.2) is 0 Å².